The molecule has 0 atom stereocenters. The van der Waals surface area contributed by atoms with E-state index in [2.05, 4.69) is 87.8 Å². The number of allylic oxidation sites excluding steroid dienone is 1. The van der Waals surface area contributed by atoms with Gasteiger partial charge in [-0.2, -0.15) is 0 Å². The SMILES string of the molecule is C[Si](C)(C)c1cc(-c2cccc3c2C=CC3)cc([Si](C)(C)C)c1. The van der Waals surface area contributed by atoms with Crippen molar-refractivity contribution < 1.29 is 0 Å². The molecule has 23 heavy (non-hydrogen) atoms. The van der Waals surface area contributed by atoms with Crippen LogP contribution in [0.2, 0.25) is 39.3 Å². The molecule has 0 amide bonds. The van der Waals surface area contributed by atoms with Gasteiger partial charge in [-0.1, -0.05) is 98.2 Å². The first-order valence-electron chi connectivity index (χ1n) is 8.61. The highest BCUT2D eigenvalue weighted by molar-refractivity contribution is 6.91. The molecule has 0 heterocycles. The zero-order valence-corrected chi connectivity index (χ0v) is 17.3. The fraction of sp³-hybridized carbons (Fsp3) is 0.333. The molecule has 2 heteroatoms. The van der Waals surface area contributed by atoms with Crippen LogP contribution >= 0.6 is 0 Å². The maximum absolute atomic E-state index is 2.51. The lowest BCUT2D eigenvalue weighted by molar-refractivity contribution is 1.31. The zero-order chi connectivity index (χ0) is 16.8. The van der Waals surface area contributed by atoms with Crippen LogP contribution in [-0.2, 0) is 6.42 Å². The van der Waals surface area contributed by atoms with Gasteiger partial charge in [0.2, 0.25) is 0 Å². The standard InChI is InChI=1S/C21H28Si2/c1-22(2,3)18-13-17(14-19(15-18)23(4,5)6)21-12-8-10-16-9-7-11-20(16)21/h7-8,10-15H,9H2,1-6H3. The van der Waals surface area contributed by atoms with E-state index in [0.29, 0.717) is 0 Å². The molecule has 0 saturated heterocycles. The number of hydrogen-bond acceptors (Lipinski definition) is 0. The van der Waals surface area contributed by atoms with Crippen LogP contribution in [0.5, 0.6) is 0 Å². The molecule has 2 aromatic rings. The predicted molar refractivity (Wildman–Crippen MR) is 111 cm³/mol. The minimum Gasteiger partial charge on any atom is -0.0795 e. The van der Waals surface area contributed by atoms with Gasteiger partial charge >= 0.3 is 0 Å². The Balaban J connectivity index is 2.24. The van der Waals surface area contributed by atoms with Gasteiger partial charge < -0.3 is 0 Å². The molecule has 0 unspecified atom stereocenters. The van der Waals surface area contributed by atoms with Gasteiger partial charge in [-0.3, -0.25) is 0 Å². The molecule has 1 aliphatic rings. The highest BCUT2D eigenvalue weighted by Gasteiger charge is 2.24. The third-order valence-corrected chi connectivity index (χ3v) is 8.84. The number of fused-ring (bicyclic) bond motifs is 1. The summed E-state index contributed by atoms with van der Waals surface area (Å²) >= 11 is 0. The lowest BCUT2D eigenvalue weighted by Gasteiger charge is -2.24. The molecular formula is C21H28Si2. The van der Waals surface area contributed by atoms with Crippen LogP contribution < -0.4 is 10.4 Å². The van der Waals surface area contributed by atoms with E-state index >= 15 is 0 Å². The van der Waals surface area contributed by atoms with Crippen LogP contribution in [0.3, 0.4) is 0 Å². The first kappa shape index (κ1) is 16.5. The van der Waals surface area contributed by atoms with Crippen molar-refractivity contribution in [2.45, 2.75) is 45.7 Å². The number of rotatable bonds is 3. The van der Waals surface area contributed by atoms with Gasteiger partial charge in [0.1, 0.15) is 0 Å². The summed E-state index contributed by atoms with van der Waals surface area (Å²) in [4.78, 5) is 0. The first-order chi connectivity index (χ1) is 10.7. The van der Waals surface area contributed by atoms with E-state index < -0.39 is 16.1 Å². The molecule has 0 radical (unpaired) electrons. The Bertz CT molecular complexity index is 739. The second-order valence-electron chi connectivity index (χ2n) is 8.78. The van der Waals surface area contributed by atoms with E-state index in [-0.39, 0.29) is 0 Å². The van der Waals surface area contributed by atoms with Crippen molar-refractivity contribution in [3.8, 4) is 11.1 Å². The van der Waals surface area contributed by atoms with Crippen molar-refractivity contribution in [3.63, 3.8) is 0 Å². The summed E-state index contributed by atoms with van der Waals surface area (Å²) in [6, 6.07) is 14.2. The van der Waals surface area contributed by atoms with Crippen molar-refractivity contribution in [1.82, 2.24) is 0 Å². The molecule has 0 bridgehead atoms. The van der Waals surface area contributed by atoms with Crippen molar-refractivity contribution in [1.29, 1.82) is 0 Å². The number of hydrogen-bond donors (Lipinski definition) is 0. The minimum absolute atomic E-state index is 1.08. The second kappa shape index (κ2) is 5.61. The summed E-state index contributed by atoms with van der Waals surface area (Å²) in [6.45, 7) is 14.7. The molecule has 0 nitrogen and oxygen atoms in total. The van der Waals surface area contributed by atoms with Crippen LogP contribution in [-0.4, -0.2) is 16.1 Å². The summed E-state index contributed by atoms with van der Waals surface area (Å²) in [5.41, 5.74) is 5.74. The fourth-order valence-electron chi connectivity index (χ4n) is 3.19. The molecule has 0 spiro atoms. The summed E-state index contributed by atoms with van der Waals surface area (Å²) < 4.78 is 0. The Labute approximate surface area is 143 Å². The maximum Gasteiger partial charge on any atom is 0.0776 e. The topological polar surface area (TPSA) is 0 Å². The highest BCUT2D eigenvalue weighted by Crippen LogP contribution is 2.31. The monoisotopic (exact) mass is 336 g/mol. The molecule has 3 rings (SSSR count). The zero-order valence-electron chi connectivity index (χ0n) is 15.3. The van der Waals surface area contributed by atoms with Gasteiger partial charge in [0.25, 0.3) is 0 Å². The first-order valence-corrected chi connectivity index (χ1v) is 15.6. The van der Waals surface area contributed by atoms with Gasteiger partial charge in [0.15, 0.2) is 0 Å². The smallest absolute Gasteiger partial charge is 0.0776 e. The molecule has 0 fully saturated rings. The second-order valence-corrected chi connectivity index (χ2v) is 18.9. The predicted octanol–water partition coefficient (Wildman–Crippen LogP) is 5.01. The lowest BCUT2D eigenvalue weighted by Crippen LogP contribution is -2.45. The van der Waals surface area contributed by atoms with Crippen molar-refractivity contribution in [3.05, 3.63) is 53.6 Å². The summed E-state index contributed by atoms with van der Waals surface area (Å²) in [7, 11) is -2.66. The molecule has 0 N–H and O–H groups in total. The van der Waals surface area contributed by atoms with Crippen molar-refractivity contribution in [2.75, 3.05) is 0 Å². The molecule has 2 aromatic carbocycles. The quantitative estimate of drug-likeness (QED) is 0.691. The van der Waals surface area contributed by atoms with E-state index in [1.807, 2.05) is 0 Å². The van der Waals surface area contributed by atoms with E-state index in [0.717, 1.165) is 6.42 Å². The third kappa shape index (κ3) is 3.29. The fourth-order valence-corrected chi connectivity index (χ4v) is 5.69. The normalized spacial score (nSPS) is 14.2. The molecule has 1 aliphatic carbocycles. The molecule has 0 aromatic heterocycles. The Kier molecular flexibility index (Phi) is 4.01. The van der Waals surface area contributed by atoms with Gasteiger partial charge in [-0.05, 0) is 28.7 Å². The summed E-state index contributed by atoms with van der Waals surface area (Å²) in [5, 5.41) is 3.18. The Morgan fingerprint density at radius 2 is 1.39 bits per heavy atom. The van der Waals surface area contributed by atoms with E-state index in [1.165, 1.54) is 22.3 Å². The summed E-state index contributed by atoms with van der Waals surface area (Å²) in [6.07, 6.45) is 5.67. The molecular weight excluding hydrogens is 308 g/mol. The average molecular weight is 337 g/mol. The highest BCUT2D eigenvalue weighted by atomic mass is 28.3. The van der Waals surface area contributed by atoms with E-state index in [9.17, 15) is 0 Å². The molecule has 0 saturated carbocycles. The van der Waals surface area contributed by atoms with Crippen molar-refractivity contribution >= 4 is 32.6 Å². The average Bonchev–Trinajstić information content (AvgIpc) is 2.93. The van der Waals surface area contributed by atoms with Crippen LogP contribution in [0.15, 0.2) is 42.5 Å². The van der Waals surface area contributed by atoms with Crippen LogP contribution in [0, 0.1) is 0 Å². The van der Waals surface area contributed by atoms with Crippen LogP contribution in [0.25, 0.3) is 17.2 Å². The number of benzene rings is 2. The Hall–Kier alpha value is -1.39. The Morgan fingerprint density at radius 3 is 1.96 bits per heavy atom. The largest absolute Gasteiger partial charge is 0.0795 e. The molecule has 120 valence electrons. The van der Waals surface area contributed by atoms with Gasteiger partial charge in [-0.15, -0.1) is 0 Å². The maximum atomic E-state index is 2.51. The van der Waals surface area contributed by atoms with Gasteiger partial charge in [0.05, 0.1) is 16.1 Å². The minimum atomic E-state index is -1.33. The molecule has 0 aliphatic heterocycles. The van der Waals surface area contributed by atoms with E-state index in [4.69, 9.17) is 0 Å². The van der Waals surface area contributed by atoms with Gasteiger partial charge in [-0.25, -0.2) is 0 Å². The van der Waals surface area contributed by atoms with Crippen molar-refractivity contribution in [2.24, 2.45) is 0 Å². The van der Waals surface area contributed by atoms with E-state index in [1.54, 1.807) is 10.4 Å². The van der Waals surface area contributed by atoms with Gasteiger partial charge in [0, 0.05) is 0 Å². The lowest BCUT2D eigenvalue weighted by atomic mass is 9.97. The van der Waals surface area contributed by atoms with Crippen LogP contribution in [0.4, 0.5) is 0 Å². The summed E-state index contributed by atoms with van der Waals surface area (Å²) in [5.74, 6) is 0. The Morgan fingerprint density at radius 1 is 0.783 bits per heavy atom. The van der Waals surface area contributed by atoms with Crippen LogP contribution in [0.1, 0.15) is 11.1 Å². The third-order valence-electron chi connectivity index (χ3n) is 4.79.